The summed E-state index contributed by atoms with van der Waals surface area (Å²) in [5, 5.41) is 4.26. The van der Waals surface area contributed by atoms with Crippen LogP contribution in [-0.2, 0) is 6.42 Å². The van der Waals surface area contributed by atoms with Gasteiger partial charge in [0.05, 0.1) is 6.20 Å². The number of aromatic nitrogens is 1. The summed E-state index contributed by atoms with van der Waals surface area (Å²) in [6.45, 7) is 0.945. The fraction of sp³-hybridized carbons (Fsp3) is 0.308. The first-order valence-corrected chi connectivity index (χ1v) is 6.50. The number of aryl methyl sites for hydroxylation is 1. The van der Waals surface area contributed by atoms with Crippen molar-refractivity contribution in [2.75, 3.05) is 13.6 Å². The van der Waals surface area contributed by atoms with Crippen LogP contribution in [0.1, 0.15) is 12.3 Å². The second-order valence-electron chi connectivity index (χ2n) is 3.98. The summed E-state index contributed by atoms with van der Waals surface area (Å²) in [4.78, 5) is 4.24. The van der Waals surface area contributed by atoms with Gasteiger partial charge in [-0.3, -0.25) is 0 Å². The first-order valence-electron chi connectivity index (χ1n) is 5.75. The van der Waals surface area contributed by atoms with E-state index in [1.807, 2.05) is 19.2 Å². The number of halogens is 2. The Balaban J connectivity index is 2.13. The monoisotopic (exact) mass is 284 g/mol. The number of nitrogens with one attached hydrogen (secondary N) is 1. The summed E-state index contributed by atoms with van der Waals surface area (Å²) in [6.07, 6.45) is 3.51. The largest absolute Gasteiger partial charge is 0.441 e. The highest BCUT2D eigenvalue weighted by Gasteiger charge is 2.08. The third-order valence-electron chi connectivity index (χ3n) is 2.52. The van der Waals surface area contributed by atoms with Gasteiger partial charge in [0.2, 0.25) is 0 Å². The summed E-state index contributed by atoms with van der Waals surface area (Å²) < 4.78 is 5.67. The van der Waals surface area contributed by atoms with Crippen LogP contribution in [-0.4, -0.2) is 18.6 Å². The lowest BCUT2D eigenvalue weighted by Crippen LogP contribution is -2.08. The van der Waals surface area contributed by atoms with Crippen molar-refractivity contribution in [2.45, 2.75) is 12.8 Å². The second kappa shape index (κ2) is 6.23. The topological polar surface area (TPSA) is 38.1 Å². The molecule has 2 aromatic rings. The average molecular weight is 285 g/mol. The molecular formula is C13H14Cl2N2O. The summed E-state index contributed by atoms with van der Waals surface area (Å²) in [6, 6.07) is 5.31. The molecule has 0 radical (unpaired) electrons. The summed E-state index contributed by atoms with van der Waals surface area (Å²) in [7, 11) is 1.93. The number of rotatable bonds is 5. The van der Waals surface area contributed by atoms with Gasteiger partial charge in [0.1, 0.15) is 0 Å². The maximum absolute atomic E-state index is 5.95. The fourth-order valence-electron chi connectivity index (χ4n) is 1.67. The smallest absolute Gasteiger partial charge is 0.194 e. The molecular weight excluding hydrogens is 271 g/mol. The van der Waals surface area contributed by atoms with E-state index in [0.29, 0.717) is 15.8 Å². The molecule has 3 nitrogen and oxygen atoms in total. The van der Waals surface area contributed by atoms with Gasteiger partial charge in [0, 0.05) is 22.0 Å². The van der Waals surface area contributed by atoms with Crippen LogP contribution in [0.15, 0.2) is 28.8 Å². The van der Waals surface area contributed by atoms with Gasteiger partial charge in [0.25, 0.3) is 0 Å². The minimum Gasteiger partial charge on any atom is -0.441 e. The fourth-order valence-corrected chi connectivity index (χ4v) is 2.20. The van der Waals surface area contributed by atoms with Crippen LogP contribution in [0.5, 0.6) is 0 Å². The van der Waals surface area contributed by atoms with E-state index in [4.69, 9.17) is 27.6 Å². The minimum absolute atomic E-state index is 0.589. The van der Waals surface area contributed by atoms with Crippen molar-refractivity contribution in [3.05, 3.63) is 40.3 Å². The molecule has 0 aliphatic carbocycles. The maximum Gasteiger partial charge on any atom is 0.194 e. The Morgan fingerprint density at radius 3 is 2.61 bits per heavy atom. The van der Waals surface area contributed by atoms with Gasteiger partial charge in [-0.1, -0.05) is 23.2 Å². The molecule has 0 saturated carbocycles. The Bertz CT molecular complexity index is 505. The van der Waals surface area contributed by atoms with Gasteiger partial charge in [-0.15, -0.1) is 0 Å². The maximum atomic E-state index is 5.95. The molecule has 96 valence electrons. The van der Waals surface area contributed by atoms with Crippen LogP contribution >= 0.6 is 23.2 Å². The highest BCUT2D eigenvalue weighted by molar-refractivity contribution is 6.35. The summed E-state index contributed by atoms with van der Waals surface area (Å²) in [5.41, 5.74) is 0.847. The van der Waals surface area contributed by atoms with Gasteiger partial charge in [-0.05, 0) is 38.2 Å². The molecule has 1 aromatic carbocycles. The average Bonchev–Trinajstić information content (AvgIpc) is 2.77. The van der Waals surface area contributed by atoms with Gasteiger partial charge in [-0.2, -0.15) is 0 Å². The van der Waals surface area contributed by atoms with Crippen LogP contribution in [0.4, 0.5) is 0 Å². The lowest BCUT2D eigenvalue weighted by molar-refractivity contribution is 0.495. The van der Waals surface area contributed by atoms with Crippen molar-refractivity contribution in [3.63, 3.8) is 0 Å². The molecule has 1 N–H and O–H groups in total. The quantitative estimate of drug-likeness (QED) is 0.849. The van der Waals surface area contributed by atoms with E-state index in [9.17, 15) is 0 Å². The van der Waals surface area contributed by atoms with Crippen molar-refractivity contribution < 1.29 is 4.42 Å². The number of hydrogen-bond acceptors (Lipinski definition) is 3. The first-order chi connectivity index (χ1) is 8.69. The minimum atomic E-state index is 0.589. The summed E-state index contributed by atoms with van der Waals surface area (Å²) >= 11 is 11.9. The lowest BCUT2D eigenvalue weighted by atomic mass is 10.2. The van der Waals surface area contributed by atoms with Crippen molar-refractivity contribution in [1.82, 2.24) is 10.3 Å². The van der Waals surface area contributed by atoms with E-state index in [1.165, 1.54) is 0 Å². The highest BCUT2D eigenvalue weighted by Crippen LogP contribution is 2.27. The third-order valence-corrected chi connectivity index (χ3v) is 2.95. The molecule has 0 fully saturated rings. The third kappa shape index (κ3) is 3.48. The van der Waals surface area contributed by atoms with Crippen molar-refractivity contribution in [1.29, 1.82) is 0 Å². The van der Waals surface area contributed by atoms with E-state index < -0.39 is 0 Å². The van der Waals surface area contributed by atoms with E-state index >= 15 is 0 Å². The van der Waals surface area contributed by atoms with Gasteiger partial charge < -0.3 is 9.73 Å². The van der Waals surface area contributed by atoms with Crippen LogP contribution in [0.25, 0.3) is 11.3 Å². The molecule has 5 heteroatoms. The molecule has 0 bridgehead atoms. The van der Waals surface area contributed by atoms with E-state index in [2.05, 4.69) is 10.3 Å². The van der Waals surface area contributed by atoms with Gasteiger partial charge in [0.15, 0.2) is 11.7 Å². The molecule has 0 aliphatic heterocycles. The Morgan fingerprint density at radius 1 is 1.22 bits per heavy atom. The highest BCUT2D eigenvalue weighted by atomic mass is 35.5. The molecule has 1 heterocycles. The van der Waals surface area contributed by atoms with E-state index in [1.54, 1.807) is 12.3 Å². The molecule has 2 rings (SSSR count). The number of benzene rings is 1. The molecule has 0 spiro atoms. The second-order valence-corrected chi connectivity index (χ2v) is 4.86. The predicted molar refractivity (Wildman–Crippen MR) is 74.2 cm³/mol. The molecule has 18 heavy (non-hydrogen) atoms. The number of hydrogen-bond donors (Lipinski definition) is 1. The van der Waals surface area contributed by atoms with Crippen LogP contribution in [0.2, 0.25) is 10.0 Å². The van der Waals surface area contributed by atoms with Gasteiger partial charge >= 0.3 is 0 Å². The normalized spacial score (nSPS) is 10.8. The van der Waals surface area contributed by atoms with Crippen molar-refractivity contribution >= 4 is 23.2 Å². The molecule has 0 aliphatic rings. The zero-order valence-corrected chi connectivity index (χ0v) is 11.6. The molecule has 0 atom stereocenters. The molecule has 0 unspecified atom stereocenters. The van der Waals surface area contributed by atoms with Crippen molar-refractivity contribution in [3.8, 4) is 11.3 Å². The lowest BCUT2D eigenvalue weighted by Gasteiger charge is -1.99. The summed E-state index contributed by atoms with van der Waals surface area (Å²) in [5.74, 6) is 1.43. The van der Waals surface area contributed by atoms with Crippen molar-refractivity contribution in [2.24, 2.45) is 0 Å². The van der Waals surface area contributed by atoms with Gasteiger partial charge in [-0.25, -0.2) is 4.98 Å². The zero-order valence-electron chi connectivity index (χ0n) is 10.0. The van der Waals surface area contributed by atoms with E-state index in [0.717, 1.165) is 30.8 Å². The molecule has 0 saturated heterocycles. The Labute approximate surface area is 116 Å². The predicted octanol–water partition coefficient (Wildman–Crippen LogP) is 3.80. The van der Waals surface area contributed by atoms with E-state index in [-0.39, 0.29) is 0 Å². The molecule has 1 aromatic heterocycles. The Kier molecular flexibility index (Phi) is 4.64. The van der Waals surface area contributed by atoms with Crippen LogP contribution in [0.3, 0.4) is 0 Å². The Morgan fingerprint density at radius 2 is 1.94 bits per heavy atom. The standard InChI is InChI=1S/C13H14Cl2N2O/c1-16-4-2-3-13-17-8-12(18-13)9-5-10(14)7-11(15)6-9/h5-8,16H,2-4H2,1H3. The Hall–Kier alpha value is -1.03. The molecule has 0 amide bonds. The van der Waals surface area contributed by atoms with Crippen LogP contribution in [0, 0.1) is 0 Å². The zero-order chi connectivity index (χ0) is 13.0. The SMILES string of the molecule is CNCCCc1ncc(-c2cc(Cl)cc(Cl)c2)o1. The van der Waals surface area contributed by atoms with Crippen LogP contribution < -0.4 is 5.32 Å². The number of nitrogens with zero attached hydrogens (tertiary/aromatic N) is 1. The number of oxazole rings is 1. The first kappa shape index (κ1) is 13.4.